The van der Waals surface area contributed by atoms with Gasteiger partial charge in [0.25, 0.3) is 0 Å². The summed E-state index contributed by atoms with van der Waals surface area (Å²) in [6.07, 6.45) is 8.98. The van der Waals surface area contributed by atoms with E-state index in [9.17, 15) is 0 Å². The van der Waals surface area contributed by atoms with Crippen LogP contribution in [0, 0.1) is 11.8 Å². The smallest absolute Gasteiger partial charge is 0.107 e. The van der Waals surface area contributed by atoms with Gasteiger partial charge >= 0.3 is 0 Å². The van der Waals surface area contributed by atoms with Crippen LogP contribution < -0.4 is 0 Å². The largest absolute Gasteiger partial charge is 0.357 e. The van der Waals surface area contributed by atoms with Crippen molar-refractivity contribution in [3.63, 3.8) is 0 Å². The Morgan fingerprint density at radius 1 is 0.955 bits per heavy atom. The summed E-state index contributed by atoms with van der Waals surface area (Å²) in [5.41, 5.74) is 1.41. The van der Waals surface area contributed by atoms with Crippen LogP contribution >= 0.6 is 0 Å². The van der Waals surface area contributed by atoms with E-state index in [0.29, 0.717) is 11.8 Å². The Morgan fingerprint density at radius 3 is 2.55 bits per heavy atom. The number of piperazine rings is 1. The van der Waals surface area contributed by atoms with Gasteiger partial charge in [-0.3, -0.25) is 9.89 Å². The lowest BCUT2D eigenvalue weighted by Gasteiger charge is -2.37. The van der Waals surface area contributed by atoms with E-state index in [1.54, 1.807) is 0 Å². The zero-order chi connectivity index (χ0) is 14.8. The maximum atomic E-state index is 4.83. The summed E-state index contributed by atoms with van der Waals surface area (Å²) < 4.78 is 0. The lowest BCUT2D eigenvalue weighted by molar-refractivity contribution is 0.172. The van der Waals surface area contributed by atoms with Gasteiger partial charge < -0.3 is 4.90 Å². The van der Waals surface area contributed by atoms with Gasteiger partial charge in [0, 0.05) is 51.1 Å². The van der Waals surface area contributed by atoms with Crippen molar-refractivity contribution in [3.05, 3.63) is 60.2 Å². The van der Waals surface area contributed by atoms with Gasteiger partial charge in [-0.2, -0.15) is 0 Å². The third-order valence-corrected chi connectivity index (χ3v) is 4.96. The molecule has 0 saturated carbocycles. The zero-order valence-corrected chi connectivity index (χ0v) is 12.9. The first-order valence-corrected chi connectivity index (χ1v) is 8.31. The molecule has 0 radical (unpaired) electrons. The van der Waals surface area contributed by atoms with Crippen LogP contribution in [0.4, 0.5) is 0 Å². The van der Waals surface area contributed by atoms with Crippen LogP contribution in [0.15, 0.2) is 59.6 Å². The second-order valence-electron chi connectivity index (χ2n) is 6.41. The summed E-state index contributed by atoms with van der Waals surface area (Å²) in [5.74, 6) is 2.44. The molecule has 2 heterocycles. The highest BCUT2D eigenvalue weighted by Crippen LogP contribution is 2.29. The molecule has 0 spiro atoms. The second-order valence-corrected chi connectivity index (χ2v) is 6.41. The maximum absolute atomic E-state index is 4.83. The van der Waals surface area contributed by atoms with E-state index >= 15 is 0 Å². The summed E-state index contributed by atoms with van der Waals surface area (Å²) in [6.45, 7) is 6.50. The number of nitrogens with zero attached hydrogens (tertiary/aromatic N) is 3. The summed E-state index contributed by atoms with van der Waals surface area (Å²) in [4.78, 5) is 9.90. The normalized spacial score (nSPS) is 27.8. The molecule has 3 aliphatic rings. The molecule has 1 aliphatic carbocycles. The molecule has 0 amide bonds. The molecule has 114 valence electrons. The first-order chi connectivity index (χ1) is 10.9. The van der Waals surface area contributed by atoms with Crippen molar-refractivity contribution in [2.45, 2.75) is 6.54 Å². The Hall–Kier alpha value is -1.87. The highest BCUT2D eigenvalue weighted by atomic mass is 15.3. The van der Waals surface area contributed by atoms with Crippen molar-refractivity contribution in [1.29, 1.82) is 0 Å². The molecular formula is C19H23N3. The van der Waals surface area contributed by atoms with Crippen LogP contribution in [0.3, 0.4) is 0 Å². The van der Waals surface area contributed by atoms with Gasteiger partial charge in [0.2, 0.25) is 0 Å². The van der Waals surface area contributed by atoms with Crippen molar-refractivity contribution in [3.8, 4) is 0 Å². The van der Waals surface area contributed by atoms with Crippen LogP contribution in [0.2, 0.25) is 0 Å². The Bertz CT molecular complexity index is 594. The fourth-order valence-corrected chi connectivity index (χ4v) is 3.70. The molecule has 4 rings (SSSR count). The number of allylic oxidation sites excluding steroid dienone is 2. The fourth-order valence-electron chi connectivity index (χ4n) is 3.70. The predicted molar refractivity (Wildman–Crippen MR) is 90.9 cm³/mol. The molecule has 0 bridgehead atoms. The SMILES string of the molecule is C1=CC2CN=C(N3CCN(Cc4ccccc4)CC3)C2C=C1. The van der Waals surface area contributed by atoms with Gasteiger partial charge in [-0.25, -0.2) is 0 Å². The van der Waals surface area contributed by atoms with E-state index in [2.05, 4.69) is 64.4 Å². The van der Waals surface area contributed by atoms with Gasteiger partial charge in [-0.1, -0.05) is 54.6 Å². The number of aliphatic imine (C=N–C) groups is 1. The number of rotatable bonds is 2. The quantitative estimate of drug-likeness (QED) is 0.834. The third kappa shape index (κ3) is 2.73. The number of hydrogen-bond donors (Lipinski definition) is 0. The number of amidine groups is 1. The first-order valence-electron chi connectivity index (χ1n) is 8.31. The molecule has 2 unspecified atom stereocenters. The maximum Gasteiger partial charge on any atom is 0.107 e. The van der Waals surface area contributed by atoms with E-state index < -0.39 is 0 Å². The molecule has 2 atom stereocenters. The molecule has 3 heteroatoms. The van der Waals surface area contributed by atoms with Crippen molar-refractivity contribution in [1.82, 2.24) is 9.80 Å². The molecule has 3 nitrogen and oxygen atoms in total. The standard InChI is InChI=1S/C19H23N3/c1-2-6-16(7-3-1)15-21-10-12-22(13-11-21)19-18-9-5-4-8-17(18)14-20-19/h1-9,17-18H,10-15H2. The number of benzene rings is 1. The first kappa shape index (κ1) is 13.8. The van der Waals surface area contributed by atoms with Gasteiger partial charge in [0.15, 0.2) is 0 Å². The lowest BCUT2D eigenvalue weighted by Crippen LogP contribution is -2.49. The average molecular weight is 293 g/mol. The van der Waals surface area contributed by atoms with Crippen LogP contribution in [0.1, 0.15) is 5.56 Å². The monoisotopic (exact) mass is 293 g/mol. The highest BCUT2D eigenvalue weighted by molar-refractivity contribution is 5.89. The molecule has 1 aromatic rings. The van der Waals surface area contributed by atoms with Crippen molar-refractivity contribution in [2.75, 3.05) is 32.7 Å². The van der Waals surface area contributed by atoms with E-state index in [1.807, 2.05) is 0 Å². The van der Waals surface area contributed by atoms with Gasteiger partial charge in [0.1, 0.15) is 5.84 Å². The molecule has 1 aromatic carbocycles. The van der Waals surface area contributed by atoms with Crippen LogP contribution in [0.5, 0.6) is 0 Å². The van der Waals surface area contributed by atoms with E-state index in [1.165, 1.54) is 11.4 Å². The van der Waals surface area contributed by atoms with Gasteiger partial charge in [-0.15, -0.1) is 0 Å². The van der Waals surface area contributed by atoms with E-state index in [4.69, 9.17) is 4.99 Å². The van der Waals surface area contributed by atoms with E-state index in [-0.39, 0.29) is 0 Å². The number of hydrogen-bond acceptors (Lipinski definition) is 3. The molecule has 22 heavy (non-hydrogen) atoms. The van der Waals surface area contributed by atoms with Crippen molar-refractivity contribution in [2.24, 2.45) is 16.8 Å². The van der Waals surface area contributed by atoms with Crippen LogP contribution in [-0.4, -0.2) is 48.4 Å². The molecule has 1 saturated heterocycles. The molecule has 1 fully saturated rings. The molecule has 0 N–H and O–H groups in total. The van der Waals surface area contributed by atoms with E-state index in [0.717, 1.165) is 39.3 Å². The Kier molecular flexibility index (Phi) is 3.81. The molecule has 2 aliphatic heterocycles. The Morgan fingerprint density at radius 2 is 1.73 bits per heavy atom. The second kappa shape index (κ2) is 6.09. The van der Waals surface area contributed by atoms with Crippen LogP contribution in [-0.2, 0) is 6.54 Å². The van der Waals surface area contributed by atoms with Gasteiger partial charge in [0.05, 0.1) is 0 Å². The summed E-state index contributed by atoms with van der Waals surface area (Å²) in [6, 6.07) is 10.8. The van der Waals surface area contributed by atoms with Gasteiger partial charge in [-0.05, 0) is 5.56 Å². The highest BCUT2D eigenvalue weighted by Gasteiger charge is 2.33. The summed E-state index contributed by atoms with van der Waals surface area (Å²) in [7, 11) is 0. The minimum absolute atomic E-state index is 0.519. The lowest BCUT2D eigenvalue weighted by atomic mass is 9.89. The topological polar surface area (TPSA) is 18.8 Å². The van der Waals surface area contributed by atoms with Crippen LogP contribution in [0.25, 0.3) is 0 Å². The Labute approximate surface area is 132 Å². The third-order valence-electron chi connectivity index (χ3n) is 4.96. The minimum Gasteiger partial charge on any atom is -0.357 e. The fraction of sp³-hybridized carbons (Fsp3) is 0.421. The number of fused-ring (bicyclic) bond motifs is 1. The molecular weight excluding hydrogens is 270 g/mol. The predicted octanol–water partition coefficient (Wildman–Crippen LogP) is 2.57. The molecule has 0 aromatic heterocycles. The summed E-state index contributed by atoms with van der Waals surface area (Å²) >= 11 is 0. The van der Waals surface area contributed by atoms with Crippen molar-refractivity contribution >= 4 is 5.84 Å². The van der Waals surface area contributed by atoms with Crippen molar-refractivity contribution < 1.29 is 0 Å². The minimum atomic E-state index is 0.519. The summed E-state index contributed by atoms with van der Waals surface area (Å²) in [5, 5.41) is 0. The zero-order valence-electron chi connectivity index (χ0n) is 12.9. The Balaban J connectivity index is 1.34. The average Bonchev–Trinajstić information content (AvgIpc) is 3.01.